The van der Waals surface area contributed by atoms with Gasteiger partial charge in [0.2, 0.25) is 0 Å². The van der Waals surface area contributed by atoms with Gasteiger partial charge in [-0.15, -0.1) is 0 Å². The second kappa shape index (κ2) is 11.3. The van der Waals surface area contributed by atoms with Crippen LogP contribution in [0.3, 0.4) is 0 Å². The molecule has 0 spiro atoms. The summed E-state index contributed by atoms with van der Waals surface area (Å²) in [5, 5.41) is 15.5. The highest BCUT2D eigenvalue weighted by Gasteiger charge is 2.37. The monoisotopic (exact) mass is 459 g/mol. The summed E-state index contributed by atoms with van der Waals surface area (Å²) in [7, 11) is 1.29. The number of esters is 2. The fraction of sp³-hybridized carbons (Fsp3) is 0.296. The zero-order chi connectivity index (χ0) is 24.7. The van der Waals surface area contributed by atoms with Crippen molar-refractivity contribution >= 4 is 11.9 Å². The number of rotatable bonds is 4. The van der Waals surface area contributed by atoms with Gasteiger partial charge in [0, 0.05) is 24.5 Å². The quantitative estimate of drug-likeness (QED) is 0.671. The van der Waals surface area contributed by atoms with Gasteiger partial charge in [-0.3, -0.25) is 0 Å². The molecule has 2 aliphatic rings. The Hall–Kier alpha value is -3.89. The average Bonchev–Trinajstić information content (AvgIpc) is 3.32. The van der Waals surface area contributed by atoms with E-state index in [2.05, 4.69) is 41.0 Å². The van der Waals surface area contributed by atoms with Gasteiger partial charge in [0.05, 0.1) is 42.4 Å². The first-order valence-corrected chi connectivity index (χ1v) is 11.1. The van der Waals surface area contributed by atoms with Crippen molar-refractivity contribution in [2.75, 3.05) is 13.7 Å². The lowest BCUT2D eigenvalue weighted by Gasteiger charge is -2.30. The summed E-state index contributed by atoms with van der Waals surface area (Å²) < 4.78 is 10.1. The first kappa shape index (κ1) is 24.7. The number of methoxy groups -OCH3 is 1. The Kier molecular flexibility index (Phi) is 8.23. The van der Waals surface area contributed by atoms with E-state index in [1.54, 1.807) is 45.0 Å². The van der Waals surface area contributed by atoms with Crippen LogP contribution in [-0.4, -0.2) is 25.7 Å². The normalized spacial score (nSPS) is 16.5. The molecule has 2 aromatic rings. The molecule has 2 aromatic carbocycles. The van der Waals surface area contributed by atoms with Gasteiger partial charge in [-0.1, -0.05) is 36.4 Å². The highest BCUT2D eigenvalue weighted by atomic mass is 16.5. The number of nitrogens with zero attached hydrogens (tertiary/aromatic N) is 1. The highest BCUT2D eigenvalue weighted by molar-refractivity contribution is 5.99. The highest BCUT2D eigenvalue weighted by Crippen LogP contribution is 2.39. The molecule has 0 saturated heterocycles. The minimum Gasteiger partial charge on any atom is -0.466 e. The van der Waals surface area contributed by atoms with Gasteiger partial charge in [0.1, 0.15) is 0 Å². The lowest BCUT2D eigenvalue weighted by atomic mass is 9.80. The second-order valence-corrected chi connectivity index (χ2v) is 7.96. The Bertz CT molecular complexity index is 1170. The zero-order valence-corrected chi connectivity index (χ0v) is 19.9. The maximum absolute atomic E-state index is 12.6. The molecule has 34 heavy (non-hydrogen) atoms. The summed E-state index contributed by atoms with van der Waals surface area (Å²) in [6.07, 6.45) is 0. The van der Waals surface area contributed by atoms with Crippen molar-refractivity contribution in [1.29, 1.82) is 5.26 Å². The number of benzene rings is 2. The van der Waals surface area contributed by atoms with Gasteiger partial charge in [-0.2, -0.15) is 5.26 Å². The summed E-state index contributed by atoms with van der Waals surface area (Å²) >= 11 is 0. The molecule has 0 aromatic heterocycles. The molecule has 7 nitrogen and oxygen atoms in total. The maximum atomic E-state index is 12.6. The van der Waals surface area contributed by atoms with Crippen LogP contribution in [0.15, 0.2) is 71.1 Å². The number of dihydropyridines is 1. The molecule has 176 valence electrons. The number of nitrogens with one attached hydrogen (secondary N) is 2. The molecule has 0 fully saturated rings. The van der Waals surface area contributed by atoms with Gasteiger partial charge in [0.15, 0.2) is 0 Å². The van der Waals surface area contributed by atoms with E-state index in [4.69, 9.17) is 9.47 Å². The molecule has 1 unspecified atom stereocenters. The molecule has 0 amide bonds. The standard InChI is InChI=1S/C19H20N2O4.C8H9N/c1-5-25-19(23)16-12(3)21-11(2)15(18(22)24-4)17(16)14-8-6-7-13(9-14)10-20;1-2-4-8-6-9-5-7(8)3-1/h6-9,17,21H,5H2,1-4H3;1-4,9H,5-6H2. The number of carbonyl (C=O) groups is 2. The zero-order valence-electron chi connectivity index (χ0n) is 19.9. The summed E-state index contributed by atoms with van der Waals surface area (Å²) in [6.45, 7) is 7.55. The number of ether oxygens (including phenoxy) is 2. The Morgan fingerprint density at radius 2 is 1.62 bits per heavy atom. The number of hydrogen-bond acceptors (Lipinski definition) is 7. The number of allylic oxidation sites excluding steroid dienone is 2. The fourth-order valence-electron chi connectivity index (χ4n) is 4.21. The van der Waals surface area contributed by atoms with Crippen LogP contribution in [0.4, 0.5) is 0 Å². The van der Waals surface area contributed by atoms with Crippen LogP contribution >= 0.6 is 0 Å². The van der Waals surface area contributed by atoms with E-state index in [1.807, 2.05) is 0 Å². The topological polar surface area (TPSA) is 100 Å². The van der Waals surface area contributed by atoms with Crippen molar-refractivity contribution in [3.05, 3.63) is 93.3 Å². The van der Waals surface area contributed by atoms with Crippen LogP contribution in [0.5, 0.6) is 0 Å². The van der Waals surface area contributed by atoms with Crippen molar-refractivity contribution in [2.45, 2.75) is 39.8 Å². The van der Waals surface area contributed by atoms with Crippen molar-refractivity contribution in [2.24, 2.45) is 0 Å². The van der Waals surface area contributed by atoms with Gasteiger partial charge in [-0.25, -0.2) is 9.59 Å². The van der Waals surface area contributed by atoms with E-state index < -0.39 is 17.9 Å². The van der Waals surface area contributed by atoms with Gasteiger partial charge >= 0.3 is 11.9 Å². The van der Waals surface area contributed by atoms with Gasteiger partial charge in [-0.05, 0) is 49.6 Å². The predicted octanol–water partition coefficient (Wildman–Crippen LogP) is 3.82. The van der Waals surface area contributed by atoms with Gasteiger partial charge < -0.3 is 20.1 Å². The fourth-order valence-corrected chi connectivity index (χ4v) is 4.21. The molecule has 0 bridgehead atoms. The molecule has 1 atom stereocenters. The molecule has 0 aliphatic carbocycles. The minimum atomic E-state index is -0.666. The van der Waals surface area contributed by atoms with Crippen LogP contribution in [0.2, 0.25) is 0 Å². The number of nitriles is 1. The molecule has 2 heterocycles. The molecule has 0 saturated carbocycles. The van der Waals surface area contributed by atoms with Crippen molar-refractivity contribution < 1.29 is 19.1 Å². The first-order chi connectivity index (χ1) is 16.4. The second-order valence-electron chi connectivity index (χ2n) is 7.96. The third-order valence-electron chi connectivity index (χ3n) is 5.76. The number of fused-ring (bicyclic) bond motifs is 1. The maximum Gasteiger partial charge on any atom is 0.336 e. The molecule has 2 N–H and O–H groups in total. The Labute approximate surface area is 200 Å². The molecular formula is C27H29N3O4. The van der Waals surface area contributed by atoms with Crippen LogP contribution in [0.1, 0.15) is 48.9 Å². The number of hydrogen-bond donors (Lipinski definition) is 2. The summed E-state index contributed by atoms with van der Waals surface area (Å²) in [4.78, 5) is 24.9. The summed E-state index contributed by atoms with van der Waals surface area (Å²) in [5.74, 6) is -1.71. The van der Waals surface area contributed by atoms with Crippen LogP contribution < -0.4 is 10.6 Å². The third-order valence-corrected chi connectivity index (χ3v) is 5.76. The van der Waals surface area contributed by atoms with E-state index in [0.29, 0.717) is 33.7 Å². The van der Waals surface area contributed by atoms with Gasteiger partial charge in [0.25, 0.3) is 0 Å². The molecular weight excluding hydrogens is 430 g/mol. The minimum absolute atomic E-state index is 0.219. The lowest BCUT2D eigenvalue weighted by molar-refractivity contribution is -0.139. The largest absolute Gasteiger partial charge is 0.466 e. The molecule has 7 heteroatoms. The molecule has 0 radical (unpaired) electrons. The van der Waals surface area contributed by atoms with Crippen molar-refractivity contribution in [1.82, 2.24) is 10.6 Å². The Balaban J connectivity index is 0.000000296. The van der Waals surface area contributed by atoms with E-state index in [-0.39, 0.29) is 6.61 Å². The van der Waals surface area contributed by atoms with Crippen LogP contribution in [0, 0.1) is 11.3 Å². The van der Waals surface area contributed by atoms with Crippen LogP contribution in [0.25, 0.3) is 0 Å². The Morgan fingerprint density at radius 1 is 1.00 bits per heavy atom. The summed E-state index contributed by atoms with van der Waals surface area (Å²) in [6, 6.07) is 17.4. The molecule has 2 aliphatic heterocycles. The smallest absolute Gasteiger partial charge is 0.336 e. The van der Waals surface area contributed by atoms with E-state index in [1.165, 1.54) is 18.2 Å². The molecule has 4 rings (SSSR count). The van der Waals surface area contributed by atoms with Crippen LogP contribution in [-0.2, 0) is 32.2 Å². The van der Waals surface area contributed by atoms with E-state index in [9.17, 15) is 14.9 Å². The van der Waals surface area contributed by atoms with Crippen molar-refractivity contribution in [3.8, 4) is 6.07 Å². The third kappa shape index (κ3) is 5.36. The van der Waals surface area contributed by atoms with Crippen molar-refractivity contribution in [3.63, 3.8) is 0 Å². The number of carbonyl (C=O) groups excluding carboxylic acids is 2. The summed E-state index contributed by atoms with van der Waals surface area (Å²) in [5.41, 5.74) is 5.88. The average molecular weight is 460 g/mol. The first-order valence-electron chi connectivity index (χ1n) is 11.1. The van der Waals surface area contributed by atoms with E-state index >= 15 is 0 Å². The SMILES string of the molecule is CCOC(=O)C1=C(C)NC(C)=C(C(=O)OC)C1c1cccc(C#N)c1.c1ccc2c(c1)CNC2. The Morgan fingerprint density at radius 3 is 2.18 bits per heavy atom. The predicted molar refractivity (Wildman–Crippen MR) is 128 cm³/mol. The lowest BCUT2D eigenvalue weighted by Crippen LogP contribution is -2.32. The van der Waals surface area contributed by atoms with E-state index in [0.717, 1.165) is 13.1 Å².